The van der Waals surface area contributed by atoms with E-state index >= 15 is 0 Å². The highest BCUT2D eigenvalue weighted by Gasteiger charge is 2.16. The number of benzene rings is 1. The summed E-state index contributed by atoms with van der Waals surface area (Å²) in [6.45, 7) is 0. The molecule has 1 aliphatic rings. The maximum atomic E-state index is 12.2. The largest absolute Gasteiger partial charge is 0.366 e. The van der Waals surface area contributed by atoms with Crippen molar-refractivity contribution < 1.29 is 4.79 Å². The number of amides is 1. The first-order valence-corrected chi connectivity index (χ1v) is 8.25. The molecular formula is C16H16Cl2N4O. The average Bonchev–Trinajstić information content (AvgIpc) is 3.05. The van der Waals surface area contributed by atoms with Crippen molar-refractivity contribution in [3.05, 3.63) is 46.1 Å². The lowest BCUT2D eigenvalue weighted by molar-refractivity contribution is 0.102. The number of anilines is 2. The van der Waals surface area contributed by atoms with E-state index in [4.69, 9.17) is 23.2 Å². The van der Waals surface area contributed by atoms with E-state index in [2.05, 4.69) is 20.8 Å². The standard InChI is InChI=1S/C16H16Cl2N4O/c17-11-6-3-7-12(15(11)18)20-16(23)13-8-9-14(22-21-13)19-10-4-1-2-5-10/h3,6-10H,1-2,4-5H2,(H,19,22)(H,20,23). The first-order chi connectivity index (χ1) is 11.1. The first-order valence-electron chi connectivity index (χ1n) is 7.49. The molecule has 0 atom stereocenters. The van der Waals surface area contributed by atoms with E-state index < -0.39 is 0 Å². The second-order valence-electron chi connectivity index (χ2n) is 5.49. The smallest absolute Gasteiger partial charge is 0.276 e. The minimum absolute atomic E-state index is 0.220. The number of rotatable bonds is 4. The molecule has 1 heterocycles. The number of hydrogen-bond donors (Lipinski definition) is 2. The highest BCUT2D eigenvalue weighted by atomic mass is 35.5. The van der Waals surface area contributed by atoms with Crippen LogP contribution in [0.3, 0.4) is 0 Å². The van der Waals surface area contributed by atoms with Crippen molar-refractivity contribution in [3.8, 4) is 0 Å². The van der Waals surface area contributed by atoms with Gasteiger partial charge >= 0.3 is 0 Å². The molecular weight excluding hydrogens is 335 g/mol. The van der Waals surface area contributed by atoms with Gasteiger partial charge in [-0.15, -0.1) is 10.2 Å². The van der Waals surface area contributed by atoms with Crippen molar-refractivity contribution in [2.45, 2.75) is 31.7 Å². The maximum absolute atomic E-state index is 12.2. The molecule has 0 spiro atoms. The molecule has 5 nitrogen and oxygen atoms in total. The average molecular weight is 351 g/mol. The maximum Gasteiger partial charge on any atom is 0.276 e. The van der Waals surface area contributed by atoms with Gasteiger partial charge in [0.2, 0.25) is 0 Å². The van der Waals surface area contributed by atoms with Crippen LogP contribution in [0.2, 0.25) is 10.0 Å². The molecule has 3 rings (SSSR count). The normalized spacial score (nSPS) is 14.7. The molecule has 1 aromatic carbocycles. The van der Waals surface area contributed by atoms with Crippen LogP contribution in [0.15, 0.2) is 30.3 Å². The van der Waals surface area contributed by atoms with Crippen molar-refractivity contribution in [2.24, 2.45) is 0 Å². The van der Waals surface area contributed by atoms with E-state index in [0.717, 1.165) is 12.8 Å². The number of halogens is 2. The van der Waals surface area contributed by atoms with Crippen LogP contribution >= 0.6 is 23.2 Å². The Morgan fingerprint density at radius 2 is 1.87 bits per heavy atom. The van der Waals surface area contributed by atoms with Crippen molar-refractivity contribution in [1.29, 1.82) is 0 Å². The topological polar surface area (TPSA) is 66.9 Å². The molecule has 1 aromatic heterocycles. The van der Waals surface area contributed by atoms with Crippen LogP contribution in [-0.2, 0) is 0 Å². The van der Waals surface area contributed by atoms with Gasteiger partial charge in [-0.1, -0.05) is 42.1 Å². The van der Waals surface area contributed by atoms with Gasteiger partial charge in [-0.25, -0.2) is 0 Å². The SMILES string of the molecule is O=C(Nc1cccc(Cl)c1Cl)c1ccc(NC2CCCC2)nn1. The van der Waals surface area contributed by atoms with Crippen LogP contribution in [-0.4, -0.2) is 22.1 Å². The minimum Gasteiger partial charge on any atom is -0.366 e. The third kappa shape index (κ3) is 3.92. The van der Waals surface area contributed by atoms with E-state index in [1.165, 1.54) is 12.8 Å². The predicted octanol–water partition coefficient (Wildman–Crippen LogP) is 4.39. The number of hydrogen-bond acceptors (Lipinski definition) is 4. The quantitative estimate of drug-likeness (QED) is 0.857. The molecule has 0 aliphatic heterocycles. The van der Waals surface area contributed by atoms with Crippen LogP contribution in [0.25, 0.3) is 0 Å². The summed E-state index contributed by atoms with van der Waals surface area (Å²) in [5, 5.41) is 14.7. The van der Waals surface area contributed by atoms with Crippen molar-refractivity contribution in [3.63, 3.8) is 0 Å². The fourth-order valence-electron chi connectivity index (χ4n) is 2.60. The number of nitrogens with zero attached hydrogens (tertiary/aromatic N) is 2. The lowest BCUT2D eigenvalue weighted by Gasteiger charge is -2.12. The molecule has 1 aliphatic carbocycles. The third-order valence-corrected chi connectivity index (χ3v) is 4.62. The Labute approximate surface area is 144 Å². The summed E-state index contributed by atoms with van der Waals surface area (Å²) in [7, 11) is 0. The summed E-state index contributed by atoms with van der Waals surface area (Å²) in [5.41, 5.74) is 0.664. The molecule has 1 fully saturated rings. The summed E-state index contributed by atoms with van der Waals surface area (Å²) < 4.78 is 0. The fraction of sp³-hybridized carbons (Fsp3) is 0.312. The number of carbonyl (C=O) groups is 1. The number of nitrogens with one attached hydrogen (secondary N) is 2. The van der Waals surface area contributed by atoms with Gasteiger partial charge in [-0.2, -0.15) is 0 Å². The summed E-state index contributed by atoms with van der Waals surface area (Å²) in [4.78, 5) is 12.2. The molecule has 0 saturated heterocycles. The second kappa shape index (κ2) is 7.15. The van der Waals surface area contributed by atoms with Crippen LogP contribution in [0.5, 0.6) is 0 Å². The predicted molar refractivity (Wildman–Crippen MR) is 92.3 cm³/mol. The molecule has 0 bridgehead atoms. The van der Waals surface area contributed by atoms with Crippen molar-refractivity contribution >= 4 is 40.6 Å². The second-order valence-corrected chi connectivity index (χ2v) is 6.27. The van der Waals surface area contributed by atoms with Crippen LogP contribution < -0.4 is 10.6 Å². The Bertz CT molecular complexity index is 700. The van der Waals surface area contributed by atoms with Gasteiger partial charge in [0, 0.05) is 6.04 Å². The van der Waals surface area contributed by atoms with E-state index in [1.807, 2.05) is 0 Å². The summed E-state index contributed by atoms with van der Waals surface area (Å²) in [6.07, 6.45) is 4.78. The Hall–Kier alpha value is -1.85. The molecule has 7 heteroatoms. The van der Waals surface area contributed by atoms with E-state index in [9.17, 15) is 4.79 Å². The minimum atomic E-state index is -0.380. The van der Waals surface area contributed by atoms with Crippen LogP contribution in [0.1, 0.15) is 36.2 Å². The van der Waals surface area contributed by atoms with Gasteiger partial charge < -0.3 is 10.6 Å². The monoisotopic (exact) mass is 350 g/mol. The van der Waals surface area contributed by atoms with Gasteiger partial charge in [-0.3, -0.25) is 4.79 Å². The molecule has 23 heavy (non-hydrogen) atoms. The summed E-state index contributed by atoms with van der Waals surface area (Å²) in [5.74, 6) is 0.309. The molecule has 0 radical (unpaired) electrons. The number of carbonyl (C=O) groups excluding carboxylic acids is 1. The molecule has 1 saturated carbocycles. The molecule has 2 N–H and O–H groups in total. The van der Waals surface area contributed by atoms with Crippen LogP contribution in [0, 0.1) is 0 Å². The van der Waals surface area contributed by atoms with Gasteiger partial charge in [0.25, 0.3) is 5.91 Å². The van der Waals surface area contributed by atoms with E-state index in [1.54, 1.807) is 30.3 Å². The van der Waals surface area contributed by atoms with E-state index in [0.29, 0.717) is 27.6 Å². The van der Waals surface area contributed by atoms with Gasteiger partial charge in [0.1, 0.15) is 5.82 Å². The summed E-state index contributed by atoms with van der Waals surface area (Å²) in [6, 6.07) is 8.90. The lowest BCUT2D eigenvalue weighted by atomic mass is 10.2. The number of aromatic nitrogens is 2. The zero-order valence-electron chi connectivity index (χ0n) is 12.4. The third-order valence-electron chi connectivity index (χ3n) is 3.80. The van der Waals surface area contributed by atoms with Gasteiger partial charge in [0.15, 0.2) is 5.69 Å². The Morgan fingerprint density at radius 3 is 2.57 bits per heavy atom. The van der Waals surface area contributed by atoms with Crippen LogP contribution in [0.4, 0.5) is 11.5 Å². The Kier molecular flexibility index (Phi) is 4.98. The molecule has 1 amide bonds. The fourth-order valence-corrected chi connectivity index (χ4v) is 2.94. The lowest BCUT2D eigenvalue weighted by Crippen LogP contribution is -2.18. The van der Waals surface area contributed by atoms with Crippen molar-refractivity contribution in [2.75, 3.05) is 10.6 Å². The highest BCUT2D eigenvalue weighted by molar-refractivity contribution is 6.44. The highest BCUT2D eigenvalue weighted by Crippen LogP contribution is 2.29. The van der Waals surface area contributed by atoms with Crippen molar-refractivity contribution in [1.82, 2.24) is 10.2 Å². The molecule has 120 valence electrons. The Morgan fingerprint density at radius 1 is 1.09 bits per heavy atom. The Balaban J connectivity index is 1.66. The van der Waals surface area contributed by atoms with E-state index in [-0.39, 0.29) is 11.6 Å². The zero-order chi connectivity index (χ0) is 16.2. The van der Waals surface area contributed by atoms with Gasteiger partial charge in [0.05, 0.1) is 15.7 Å². The zero-order valence-corrected chi connectivity index (χ0v) is 13.9. The van der Waals surface area contributed by atoms with Gasteiger partial charge in [-0.05, 0) is 37.1 Å². The molecule has 2 aromatic rings. The summed E-state index contributed by atoms with van der Waals surface area (Å²) >= 11 is 12.0. The molecule has 0 unspecified atom stereocenters. The first kappa shape index (κ1) is 16.0.